The number of nitrogens with one attached hydrogen (secondary N) is 5. The lowest BCUT2D eigenvalue weighted by atomic mass is 9.96. The fraction of sp³-hybridized carbons (Fsp3) is 0.378. The molecule has 4 fully saturated rings. The molecule has 4 aliphatic rings. The summed E-state index contributed by atoms with van der Waals surface area (Å²) >= 11 is 0. The summed E-state index contributed by atoms with van der Waals surface area (Å²) in [5.41, 5.74) is 6.21. The molecule has 5 N–H and O–H groups in total. The summed E-state index contributed by atoms with van der Waals surface area (Å²) in [5.74, 6) is 0.394. The molecule has 1 unspecified atom stereocenters. The Morgan fingerprint density at radius 2 is 0.957 bits per heavy atom. The minimum Gasteiger partial charge on any atom is -0.378 e. The third-order valence-corrected chi connectivity index (χ3v) is 23.3. The number of likely N-dealkylation sites (tertiary alicyclic amines) is 1. The Labute approximate surface area is 678 Å². The average molecular weight is 1610 g/mol. The van der Waals surface area contributed by atoms with Gasteiger partial charge in [0.05, 0.1) is 103 Å². The van der Waals surface area contributed by atoms with Crippen molar-refractivity contribution in [2.24, 2.45) is 17.8 Å². The van der Waals surface area contributed by atoms with E-state index in [1.807, 2.05) is 74.6 Å². The van der Waals surface area contributed by atoms with E-state index in [0.717, 1.165) is 111 Å². The number of halogens is 3. The van der Waals surface area contributed by atoms with E-state index < -0.39 is 31.9 Å². The minimum atomic E-state index is -2.86. The average Bonchev–Trinajstić information content (AvgIpc) is 1.56. The second-order valence-corrected chi connectivity index (χ2v) is 34.6. The number of Topliss-reactive ketones (excluding diaryl/α,β-unsaturated/α-hetero) is 1. The van der Waals surface area contributed by atoms with Crippen molar-refractivity contribution in [2.45, 2.75) is 144 Å². The van der Waals surface area contributed by atoms with Gasteiger partial charge in [-0.05, 0) is 134 Å². The number of fused-ring (bicyclic) bond motifs is 4. The first kappa shape index (κ1) is 86.4. The van der Waals surface area contributed by atoms with Gasteiger partial charge in [-0.1, -0.05) is 142 Å². The Hall–Kier alpha value is -11.4. The smallest absolute Gasteiger partial charge is 0.272 e. The molecular weight excluding hydrogens is 1510 g/mol. The Balaban J connectivity index is 0.000000149. The van der Waals surface area contributed by atoms with Crippen LogP contribution in [0.15, 0.2) is 172 Å². The number of pyridine rings is 1. The molecule has 12 aromatic rings. The van der Waals surface area contributed by atoms with Crippen LogP contribution >= 0.6 is 0 Å². The second-order valence-electron chi connectivity index (χ2n) is 31.6. The summed E-state index contributed by atoms with van der Waals surface area (Å²) < 4.78 is 74.9. The van der Waals surface area contributed by atoms with Crippen LogP contribution in [-0.2, 0) is 43.2 Å². The predicted octanol–water partition coefficient (Wildman–Crippen LogP) is 15.9. The molecule has 23 nitrogen and oxygen atoms in total. The Morgan fingerprint density at radius 1 is 0.530 bits per heavy atom. The van der Waals surface area contributed by atoms with Gasteiger partial charge < -0.3 is 29.2 Å². The van der Waals surface area contributed by atoms with Crippen molar-refractivity contribution >= 4 is 76.5 Å². The fourth-order valence-electron chi connectivity index (χ4n) is 14.0. The number of amides is 2. The van der Waals surface area contributed by atoms with E-state index in [2.05, 4.69) is 93.9 Å². The molecule has 2 atom stereocenters. The van der Waals surface area contributed by atoms with Crippen LogP contribution in [0.2, 0.25) is 0 Å². The lowest BCUT2D eigenvalue weighted by Crippen LogP contribution is -2.44. The minimum absolute atomic E-state index is 0.0446. The highest BCUT2D eigenvalue weighted by molar-refractivity contribution is 7.94. The van der Waals surface area contributed by atoms with Crippen molar-refractivity contribution in [3.8, 4) is 11.4 Å². The van der Waals surface area contributed by atoms with Crippen LogP contribution < -0.4 is 21.6 Å². The number of anilines is 1. The number of rotatable bonds is 15. The van der Waals surface area contributed by atoms with Gasteiger partial charge in [0.15, 0.2) is 11.6 Å². The number of aromatic nitrogens is 10. The quantitative estimate of drug-likeness (QED) is 0.0596. The van der Waals surface area contributed by atoms with Crippen molar-refractivity contribution in [3.63, 3.8) is 0 Å². The number of ketones is 1. The fourth-order valence-corrected chi connectivity index (χ4v) is 16.0. The van der Waals surface area contributed by atoms with Gasteiger partial charge in [0, 0.05) is 109 Å². The summed E-state index contributed by atoms with van der Waals surface area (Å²) in [6.07, 6.45) is 9.24. The maximum atomic E-state index is 14.3. The van der Waals surface area contributed by atoms with Crippen LogP contribution in [-0.4, -0.2) is 153 Å². The number of carbonyl (C=O) groups is 3. The van der Waals surface area contributed by atoms with Crippen molar-refractivity contribution in [3.05, 3.63) is 263 Å². The first-order chi connectivity index (χ1) is 56.0. The number of hydrogen-bond donors (Lipinski definition) is 5. The molecule has 6 aromatic heterocycles. The molecule has 16 rings (SSSR count). The predicted molar refractivity (Wildman–Crippen MR) is 453 cm³/mol. The number of nitrogens with zero attached hydrogens (tertiary/aromatic N) is 9. The highest BCUT2D eigenvalue weighted by atomic mass is 32.2. The van der Waals surface area contributed by atoms with Crippen LogP contribution in [0.3, 0.4) is 0 Å². The van der Waals surface area contributed by atoms with E-state index in [1.165, 1.54) is 18.2 Å². The molecule has 1 saturated carbocycles. The molecule has 1 aliphatic carbocycles. The molecule has 6 aromatic carbocycles. The third kappa shape index (κ3) is 21.1. The van der Waals surface area contributed by atoms with Gasteiger partial charge in [0.2, 0.25) is 0 Å². The van der Waals surface area contributed by atoms with Gasteiger partial charge in [0.25, 0.3) is 28.5 Å². The Kier molecular flexibility index (Phi) is 28.8. The summed E-state index contributed by atoms with van der Waals surface area (Å²) in [5, 5.41) is 24.5. The standard InChI is InChI=1S/C22H28N6O2S.C21H20FN3O2.C20H18FN3O3.C19H17FN2O2.2C4H10/c1-14(2)31(23,29)22(6-7-22)18-12-19(28-10-11-30-13-15(28)3)27-21(26-18)17-5-9-25-20-16(17)4-8-24-20;22-18-9-8-14(12-17(18)21(27)25-10-4-1-5-11-25)13-19-15-6-2-3-7-16(15)20(26)24-23-19;21-17-6-5-13(11-16(17)20(26)24-7-9-27-10-8-24)12-18-14-3-1-2-4-15(14)19(25)23-22-18;1-11(2)18(23)15-9-12(7-8-16(15)20)10-17-13-5-3-4-6-14(13)19(24)22-21-17;2*1-4(2)3/h4-5,8-9,12,14-15,23H,6-7,10-11,13H2,1-3H3,(H,24,25);2-3,6-9,12H,1,4-5,10-11,13H2,(H,24,26);1-6,11H,7-10,12H2,(H,23,25);3-9,11H,10H2,1-2H3,(H,22,24);2*4H,1-3H3/t15-,31?;;;;;/m1...../s1. The Morgan fingerprint density at radius 3 is 1.39 bits per heavy atom. The summed E-state index contributed by atoms with van der Waals surface area (Å²) in [7, 11) is -2.86. The van der Waals surface area contributed by atoms with Crippen LogP contribution in [0.1, 0.15) is 179 Å². The Bertz CT molecular complexity index is 5650. The van der Waals surface area contributed by atoms with Crippen LogP contribution in [0.5, 0.6) is 0 Å². The normalized spacial score (nSPS) is 15.6. The zero-order chi connectivity index (χ0) is 83.8. The molecule has 3 aliphatic heterocycles. The highest BCUT2D eigenvalue weighted by Gasteiger charge is 2.56. The molecular formula is C90H103F3N14O9S. The number of aromatic amines is 4. The number of ether oxygens (including phenoxy) is 2. The van der Waals surface area contributed by atoms with Gasteiger partial charge in [-0.2, -0.15) is 15.3 Å². The zero-order valence-electron chi connectivity index (χ0n) is 68.2. The van der Waals surface area contributed by atoms with Gasteiger partial charge in [0.1, 0.15) is 28.9 Å². The van der Waals surface area contributed by atoms with E-state index >= 15 is 0 Å². The summed E-state index contributed by atoms with van der Waals surface area (Å²) in [6, 6.07) is 41.3. The van der Waals surface area contributed by atoms with E-state index in [0.29, 0.717) is 111 Å². The SMILES string of the molecule is CC(C)C.CC(C)C.CC(C)C(=O)c1cc(Cc2n[nH]c(=O)c3ccccc23)ccc1F.CC(C)S(=N)(=O)C1(c2cc(N3CCOC[C@H]3C)nc(-c3ccnc4[nH]ccc34)n2)CC1.O=C(c1cc(Cc2n[nH]c(=O)c3ccccc23)ccc1F)N1CCCCC1.O=C(c1cc(Cc2n[nH]c(=O)c3ccccc23)ccc1F)N1CCOCC1. The molecule has 3 saturated heterocycles. The molecule has 0 spiro atoms. The van der Waals surface area contributed by atoms with Gasteiger partial charge in [-0.25, -0.2) is 47.6 Å². The molecule has 9 heterocycles. The first-order valence-corrected chi connectivity index (χ1v) is 41.5. The van der Waals surface area contributed by atoms with Crippen molar-refractivity contribution in [1.82, 2.24) is 60.3 Å². The number of morpholine rings is 2. The van der Waals surface area contributed by atoms with Crippen molar-refractivity contribution in [2.75, 3.05) is 64.1 Å². The van der Waals surface area contributed by atoms with E-state index in [-0.39, 0.29) is 68.2 Å². The van der Waals surface area contributed by atoms with Gasteiger partial charge >= 0.3 is 0 Å². The number of H-pyrrole nitrogens is 4. The highest BCUT2D eigenvalue weighted by Crippen LogP contribution is 2.55. The maximum Gasteiger partial charge on any atom is 0.272 e. The number of hydrogen-bond acceptors (Lipinski definition) is 17. The molecule has 0 bridgehead atoms. The van der Waals surface area contributed by atoms with Gasteiger partial charge in [-0.3, -0.25) is 33.5 Å². The van der Waals surface area contributed by atoms with Crippen molar-refractivity contribution < 1.29 is 41.2 Å². The zero-order valence-corrected chi connectivity index (χ0v) is 69.0. The molecule has 117 heavy (non-hydrogen) atoms. The molecule has 614 valence electrons. The van der Waals surface area contributed by atoms with E-state index in [9.17, 15) is 46.1 Å². The maximum absolute atomic E-state index is 14.3. The topological polar surface area (TPSA) is 312 Å². The number of benzene rings is 6. The number of carbonyl (C=O) groups excluding carboxylic acids is 3. The summed E-state index contributed by atoms with van der Waals surface area (Å²) in [6.45, 7) is 27.5. The number of piperidine rings is 1. The lowest BCUT2D eigenvalue weighted by molar-refractivity contribution is 0.0299. The van der Waals surface area contributed by atoms with E-state index in [1.54, 1.807) is 103 Å². The van der Waals surface area contributed by atoms with Crippen LogP contribution in [0, 0.1) is 40.0 Å². The largest absolute Gasteiger partial charge is 0.378 e. The third-order valence-electron chi connectivity index (χ3n) is 20.2. The van der Waals surface area contributed by atoms with Crippen LogP contribution in [0.25, 0.3) is 54.7 Å². The van der Waals surface area contributed by atoms with Crippen molar-refractivity contribution in [1.29, 1.82) is 4.78 Å². The lowest BCUT2D eigenvalue weighted by Gasteiger charge is -2.35. The first-order valence-electron chi connectivity index (χ1n) is 39.9. The molecule has 27 heteroatoms. The molecule has 0 radical (unpaired) electrons. The second kappa shape index (κ2) is 39.0. The van der Waals surface area contributed by atoms with E-state index in [4.69, 9.17) is 24.2 Å². The van der Waals surface area contributed by atoms with Gasteiger partial charge in [-0.15, -0.1) is 0 Å². The summed E-state index contributed by atoms with van der Waals surface area (Å²) in [4.78, 5) is 96.1. The monoisotopic (exact) mass is 1610 g/mol. The molecule has 2 amide bonds. The van der Waals surface area contributed by atoms with Crippen LogP contribution in [0.4, 0.5) is 19.0 Å².